The largest absolute Gasteiger partial charge is 0.395 e. The number of amides is 1. The number of carbonyl (C=O) groups excluding carboxylic acids is 1. The molecule has 0 fully saturated rings. The zero-order chi connectivity index (χ0) is 13.2. The van der Waals surface area contributed by atoms with Gasteiger partial charge in [0, 0.05) is 0 Å². The first-order chi connectivity index (χ1) is 7.79. The van der Waals surface area contributed by atoms with Gasteiger partial charge < -0.3 is 16.8 Å². The number of benzene rings is 1. The molecule has 5 N–H and O–H groups in total. The second kappa shape index (κ2) is 4.61. The van der Waals surface area contributed by atoms with E-state index >= 15 is 0 Å². The minimum Gasteiger partial charge on any atom is -0.395 e. The fourth-order valence-electron chi connectivity index (χ4n) is 1.42. The predicted molar refractivity (Wildman–Crippen MR) is 66.9 cm³/mol. The summed E-state index contributed by atoms with van der Waals surface area (Å²) in [5, 5.41) is 2.92. The van der Waals surface area contributed by atoms with Crippen molar-refractivity contribution in [3.8, 4) is 0 Å². The zero-order valence-electron chi connectivity index (χ0n) is 10.3. The van der Waals surface area contributed by atoms with Crippen molar-refractivity contribution in [2.75, 3.05) is 11.1 Å². The molecule has 1 unspecified atom stereocenters. The van der Waals surface area contributed by atoms with Crippen LogP contribution in [0, 0.1) is 11.7 Å². The monoisotopic (exact) mass is 239 g/mol. The van der Waals surface area contributed by atoms with Crippen LogP contribution in [0.15, 0.2) is 18.2 Å². The first-order valence-electron chi connectivity index (χ1n) is 5.41. The summed E-state index contributed by atoms with van der Waals surface area (Å²) >= 11 is 0. The van der Waals surface area contributed by atoms with Gasteiger partial charge >= 0.3 is 0 Å². The van der Waals surface area contributed by atoms with Crippen molar-refractivity contribution in [1.82, 2.24) is 0 Å². The summed E-state index contributed by atoms with van der Waals surface area (Å²) in [6, 6.07) is 4.40. The number of hydrogen-bond acceptors (Lipinski definition) is 3. The van der Waals surface area contributed by atoms with E-state index in [9.17, 15) is 9.18 Å². The fraction of sp³-hybridized carbons (Fsp3) is 0.417. The quantitative estimate of drug-likeness (QED) is 0.700. The number of anilines is 2. The van der Waals surface area contributed by atoms with Gasteiger partial charge in [0.2, 0.25) is 5.91 Å². The molecular formula is C12H18FN3O. The van der Waals surface area contributed by atoms with Gasteiger partial charge in [-0.1, -0.05) is 19.9 Å². The van der Waals surface area contributed by atoms with E-state index in [2.05, 4.69) is 5.32 Å². The Morgan fingerprint density at radius 1 is 1.47 bits per heavy atom. The van der Waals surface area contributed by atoms with Gasteiger partial charge in [-0.05, 0) is 25.0 Å². The highest BCUT2D eigenvalue weighted by atomic mass is 19.1. The van der Waals surface area contributed by atoms with Gasteiger partial charge in [-0.2, -0.15) is 0 Å². The normalized spacial score (nSPS) is 14.4. The molecule has 0 saturated heterocycles. The molecule has 0 aliphatic rings. The molecule has 0 radical (unpaired) electrons. The van der Waals surface area contributed by atoms with Crippen molar-refractivity contribution in [2.24, 2.45) is 11.7 Å². The molecule has 4 nitrogen and oxygen atoms in total. The topological polar surface area (TPSA) is 81.1 Å². The third-order valence-corrected chi connectivity index (χ3v) is 3.11. The number of para-hydroxylation sites is 1. The number of rotatable bonds is 4. The van der Waals surface area contributed by atoms with Crippen LogP contribution in [0.5, 0.6) is 0 Å². The van der Waals surface area contributed by atoms with Gasteiger partial charge in [-0.3, -0.25) is 4.79 Å². The number of nitrogen functional groups attached to an aromatic ring is 1. The Hall–Kier alpha value is -1.78. The summed E-state index contributed by atoms with van der Waals surface area (Å²) < 4.78 is 13.3. The molecule has 0 bridgehead atoms. The van der Waals surface area contributed by atoms with E-state index in [1.165, 1.54) is 12.1 Å². The van der Waals surface area contributed by atoms with E-state index < -0.39 is 17.3 Å². The molecule has 1 rings (SSSR count). The summed E-state index contributed by atoms with van der Waals surface area (Å²) in [6.07, 6.45) is 0. The maximum Gasteiger partial charge on any atom is 0.243 e. The number of carbonyl (C=O) groups is 1. The molecule has 5 heteroatoms. The van der Waals surface area contributed by atoms with Gasteiger partial charge in [-0.25, -0.2) is 4.39 Å². The minimum atomic E-state index is -0.970. The van der Waals surface area contributed by atoms with Gasteiger partial charge in [0.1, 0.15) is 11.4 Å². The van der Waals surface area contributed by atoms with E-state index in [1.807, 2.05) is 13.8 Å². The molecule has 1 atom stereocenters. The predicted octanol–water partition coefficient (Wildman–Crippen LogP) is 1.72. The average Bonchev–Trinajstić information content (AvgIpc) is 2.24. The molecule has 17 heavy (non-hydrogen) atoms. The lowest BCUT2D eigenvalue weighted by Crippen LogP contribution is -2.52. The zero-order valence-corrected chi connectivity index (χ0v) is 10.3. The number of halogens is 1. The van der Waals surface area contributed by atoms with Crippen molar-refractivity contribution in [3.63, 3.8) is 0 Å². The number of hydrogen-bond donors (Lipinski definition) is 3. The highest BCUT2D eigenvalue weighted by Gasteiger charge is 2.35. The van der Waals surface area contributed by atoms with Gasteiger partial charge in [0.25, 0.3) is 0 Å². The highest BCUT2D eigenvalue weighted by molar-refractivity contribution is 5.89. The minimum absolute atomic E-state index is 0.0133. The molecule has 1 aromatic rings. The van der Waals surface area contributed by atoms with E-state index in [0.717, 1.165) is 0 Å². The SMILES string of the molecule is CC(C)C(C)(Nc1cccc(F)c1N)C(N)=O. The van der Waals surface area contributed by atoms with Crippen molar-refractivity contribution >= 4 is 17.3 Å². The smallest absolute Gasteiger partial charge is 0.243 e. The second-order valence-corrected chi connectivity index (χ2v) is 4.55. The Kier molecular flexibility index (Phi) is 3.60. The van der Waals surface area contributed by atoms with E-state index in [1.54, 1.807) is 13.0 Å². The van der Waals surface area contributed by atoms with Crippen LogP contribution in [0.4, 0.5) is 15.8 Å². The second-order valence-electron chi connectivity index (χ2n) is 4.55. The number of nitrogens with two attached hydrogens (primary N) is 2. The Morgan fingerprint density at radius 2 is 2.06 bits per heavy atom. The third-order valence-electron chi connectivity index (χ3n) is 3.11. The van der Waals surface area contributed by atoms with Crippen molar-refractivity contribution in [1.29, 1.82) is 0 Å². The number of primary amides is 1. The molecule has 1 aromatic carbocycles. The lowest BCUT2D eigenvalue weighted by atomic mass is 9.87. The molecular weight excluding hydrogens is 221 g/mol. The van der Waals surface area contributed by atoms with Crippen LogP contribution in [-0.2, 0) is 4.79 Å². The summed E-state index contributed by atoms with van der Waals surface area (Å²) in [7, 11) is 0. The Labute approximate surface area is 100 Å². The van der Waals surface area contributed by atoms with Crippen LogP contribution in [0.25, 0.3) is 0 Å². The molecule has 0 heterocycles. The summed E-state index contributed by atoms with van der Waals surface area (Å²) in [4.78, 5) is 11.5. The summed E-state index contributed by atoms with van der Waals surface area (Å²) in [5.74, 6) is -1.08. The first-order valence-corrected chi connectivity index (χ1v) is 5.41. The van der Waals surface area contributed by atoms with Gasteiger partial charge in [-0.15, -0.1) is 0 Å². The Balaban J connectivity index is 3.11. The maximum absolute atomic E-state index is 13.3. The summed E-state index contributed by atoms with van der Waals surface area (Å²) in [5.41, 5.74) is 10.4. The van der Waals surface area contributed by atoms with Crippen LogP contribution in [0.3, 0.4) is 0 Å². The molecule has 1 amide bonds. The van der Waals surface area contributed by atoms with Crippen LogP contribution in [-0.4, -0.2) is 11.4 Å². The van der Waals surface area contributed by atoms with Crippen LogP contribution < -0.4 is 16.8 Å². The van der Waals surface area contributed by atoms with E-state index in [0.29, 0.717) is 5.69 Å². The van der Waals surface area contributed by atoms with Gasteiger partial charge in [0.05, 0.1) is 11.4 Å². The Morgan fingerprint density at radius 3 is 2.53 bits per heavy atom. The highest BCUT2D eigenvalue weighted by Crippen LogP contribution is 2.28. The van der Waals surface area contributed by atoms with Crippen LogP contribution in [0.2, 0.25) is 0 Å². The first kappa shape index (κ1) is 13.3. The molecule has 94 valence electrons. The lowest BCUT2D eigenvalue weighted by molar-refractivity contribution is -0.123. The van der Waals surface area contributed by atoms with Crippen LogP contribution >= 0.6 is 0 Å². The molecule has 0 aliphatic heterocycles. The van der Waals surface area contributed by atoms with E-state index in [-0.39, 0.29) is 11.6 Å². The average molecular weight is 239 g/mol. The van der Waals surface area contributed by atoms with Gasteiger partial charge in [0.15, 0.2) is 0 Å². The van der Waals surface area contributed by atoms with Crippen molar-refractivity contribution in [2.45, 2.75) is 26.3 Å². The Bertz CT molecular complexity index is 434. The van der Waals surface area contributed by atoms with E-state index in [4.69, 9.17) is 11.5 Å². The van der Waals surface area contributed by atoms with Crippen LogP contribution in [0.1, 0.15) is 20.8 Å². The number of nitrogens with one attached hydrogen (secondary N) is 1. The molecule has 0 aromatic heterocycles. The molecule has 0 saturated carbocycles. The fourth-order valence-corrected chi connectivity index (χ4v) is 1.42. The maximum atomic E-state index is 13.3. The lowest BCUT2D eigenvalue weighted by Gasteiger charge is -2.33. The standard InChI is InChI=1S/C12H18FN3O/c1-7(2)12(3,11(15)17)16-9-6-4-5-8(13)10(9)14/h4-7,16H,14H2,1-3H3,(H2,15,17). The molecule has 0 spiro atoms. The molecule has 0 aliphatic carbocycles. The summed E-state index contributed by atoms with van der Waals surface area (Å²) in [6.45, 7) is 5.38. The van der Waals surface area contributed by atoms with Crippen molar-refractivity contribution < 1.29 is 9.18 Å². The third kappa shape index (κ3) is 2.49. The van der Waals surface area contributed by atoms with Crippen molar-refractivity contribution in [3.05, 3.63) is 24.0 Å².